The van der Waals surface area contributed by atoms with Crippen LogP contribution >= 0.6 is 11.6 Å². The Morgan fingerprint density at radius 2 is 2.10 bits per heavy atom. The number of furan rings is 1. The van der Waals surface area contributed by atoms with Crippen molar-refractivity contribution in [2.24, 2.45) is 0 Å². The molecular formula is C15H17ClN2O3. The molecule has 0 saturated carbocycles. The second-order valence-corrected chi connectivity index (χ2v) is 4.91. The third kappa shape index (κ3) is 5.04. The molecule has 1 aromatic heterocycles. The molecule has 112 valence electrons. The second-order valence-electron chi connectivity index (χ2n) is 4.47. The number of carbonyl (C=O) groups excluding carboxylic acids is 1. The van der Waals surface area contributed by atoms with Crippen molar-refractivity contribution in [1.29, 1.82) is 0 Å². The predicted molar refractivity (Wildman–Crippen MR) is 80.5 cm³/mol. The van der Waals surface area contributed by atoms with Crippen LogP contribution in [0.4, 0.5) is 4.79 Å². The van der Waals surface area contributed by atoms with E-state index in [1.807, 2.05) is 6.07 Å². The Bertz CT molecular complexity index is 555. The molecule has 0 spiro atoms. The summed E-state index contributed by atoms with van der Waals surface area (Å²) in [7, 11) is 1.71. The van der Waals surface area contributed by atoms with E-state index < -0.39 is 0 Å². The number of halogens is 1. The lowest BCUT2D eigenvalue weighted by Gasteiger charge is -2.16. The molecule has 0 aliphatic rings. The van der Waals surface area contributed by atoms with Gasteiger partial charge in [0.25, 0.3) is 0 Å². The number of rotatable bonds is 6. The number of nitrogens with one attached hydrogen (secondary N) is 1. The summed E-state index contributed by atoms with van der Waals surface area (Å²) in [5.74, 6) is 1.46. The van der Waals surface area contributed by atoms with Gasteiger partial charge in [0.2, 0.25) is 0 Å². The Morgan fingerprint density at radius 1 is 1.33 bits per heavy atom. The Morgan fingerprint density at radius 3 is 2.76 bits per heavy atom. The largest absolute Gasteiger partial charge is 0.492 e. The van der Waals surface area contributed by atoms with E-state index in [0.717, 1.165) is 11.5 Å². The Kier molecular flexibility index (Phi) is 5.51. The average Bonchev–Trinajstić information content (AvgIpc) is 2.98. The minimum absolute atomic E-state index is 0.175. The van der Waals surface area contributed by atoms with Crippen molar-refractivity contribution in [1.82, 2.24) is 10.2 Å². The van der Waals surface area contributed by atoms with Crippen LogP contribution in [0.5, 0.6) is 5.75 Å². The van der Waals surface area contributed by atoms with Crippen LogP contribution in [0.15, 0.2) is 47.1 Å². The Labute approximate surface area is 128 Å². The van der Waals surface area contributed by atoms with E-state index in [2.05, 4.69) is 5.32 Å². The number of ether oxygens (including phenoxy) is 1. The van der Waals surface area contributed by atoms with Crippen LogP contribution in [0, 0.1) is 0 Å². The van der Waals surface area contributed by atoms with Gasteiger partial charge in [0, 0.05) is 12.1 Å². The van der Waals surface area contributed by atoms with Crippen molar-refractivity contribution < 1.29 is 13.9 Å². The maximum absolute atomic E-state index is 11.8. The van der Waals surface area contributed by atoms with Gasteiger partial charge in [-0.05, 0) is 36.4 Å². The molecule has 5 nitrogen and oxygen atoms in total. The van der Waals surface area contributed by atoms with Crippen LogP contribution in [0.25, 0.3) is 0 Å². The number of nitrogens with zero attached hydrogens (tertiary/aromatic N) is 1. The molecule has 0 saturated heterocycles. The molecule has 6 heteroatoms. The van der Waals surface area contributed by atoms with E-state index in [1.165, 1.54) is 0 Å². The zero-order valence-corrected chi connectivity index (χ0v) is 12.5. The first kappa shape index (κ1) is 15.3. The lowest BCUT2D eigenvalue weighted by Crippen LogP contribution is -2.38. The highest BCUT2D eigenvalue weighted by atomic mass is 35.5. The normalized spacial score (nSPS) is 10.2. The van der Waals surface area contributed by atoms with E-state index >= 15 is 0 Å². The molecule has 1 N–H and O–H groups in total. The van der Waals surface area contributed by atoms with E-state index in [0.29, 0.717) is 24.7 Å². The van der Waals surface area contributed by atoms with Crippen LogP contribution in [0.3, 0.4) is 0 Å². The fourth-order valence-corrected chi connectivity index (χ4v) is 1.83. The zero-order chi connectivity index (χ0) is 15.1. The van der Waals surface area contributed by atoms with Crippen LogP contribution in [0.1, 0.15) is 5.76 Å². The van der Waals surface area contributed by atoms with Gasteiger partial charge in [-0.15, -0.1) is 0 Å². The first-order valence-corrected chi connectivity index (χ1v) is 6.92. The van der Waals surface area contributed by atoms with Crippen LogP contribution in [-0.4, -0.2) is 31.1 Å². The summed E-state index contributed by atoms with van der Waals surface area (Å²) < 4.78 is 10.7. The van der Waals surface area contributed by atoms with Gasteiger partial charge in [-0.1, -0.05) is 11.6 Å². The molecule has 0 radical (unpaired) electrons. The molecule has 1 heterocycles. The maximum Gasteiger partial charge on any atom is 0.317 e. The first-order chi connectivity index (χ1) is 10.1. The number of carbonyl (C=O) groups is 1. The van der Waals surface area contributed by atoms with Gasteiger partial charge in [0.15, 0.2) is 0 Å². The molecule has 21 heavy (non-hydrogen) atoms. The molecule has 0 atom stereocenters. The van der Waals surface area contributed by atoms with Gasteiger partial charge in [-0.25, -0.2) is 4.79 Å². The molecule has 2 rings (SSSR count). The number of urea groups is 1. The molecular weight excluding hydrogens is 292 g/mol. The summed E-state index contributed by atoms with van der Waals surface area (Å²) in [6, 6.07) is 10.5. The van der Waals surface area contributed by atoms with E-state index in [-0.39, 0.29) is 6.03 Å². The Hall–Kier alpha value is -2.14. The third-order valence-corrected chi connectivity index (χ3v) is 3.03. The molecule has 2 amide bonds. The topological polar surface area (TPSA) is 54.7 Å². The lowest BCUT2D eigenvalue weighted by molar-refractivity contribution is 0.200. The quantitative estimate of drug-likeness (QED) is 0.834. The molecule has 2 aromatic rings. The summed E-state index contributed by atoms with van der Waals surface area (Å²) in [5.41, 5.74) is 0. The molecule has 0 aliphatic heterocycles. The lowest BCUT2D eigenvalue weighted by atomic mass is 10.3. The van der Waals surface area contributed by atoms with Gasteiger partial charge in [0.05, 0.1) is 19.4 Å². The third-order valence-electron chi connectivity index (χ3n) is 2.78. The zero-order valence-electron chi connectivity index (χ0n) is 11.7. The molecule has 0 bridgehead atoms. The monoisotopic (exact) mass is 308 g/mol. The van der Waals surface area contributed by atoms with Crippen molar-refractivity contribution in [2.75, 3.05) is 20.2 Å². The first-order valence-electron chi connectivity index (χ1n) is 6.55. The van der Waals surface area contributed by atoms with Crippen molar-refractivity contribution >= 4 is 17.6 Å². The summed E-state index contributed by atoms with van der Waals surface area (Å²) in [6.07, 6.45) is 1.58. The van der Waals surface area contributed by atoms with Crippen molar-refractivity contribution in [3.63, 3.8) is 0 Å². The standard InChI is InChI=1S/C15H17ClN2O3/c1-18(11-14-3-2-9-20-14)15(19)17-8-10-21-13-6-4-12(16)5-7-13/h2-7,9H,8,10-11H2,1H3,(H,17,19). The summed E-state index contributed by atoms with van der Waals surface area (Å²) in [6.45, 7) is 1.24. The minimum Gasteiger partial charge on any atom is -0.492 e. The van der Waals surface area contributed by atoms with E-state index in [9.17, 15) is 4.79 Å². The molecule has 0 fully saturated rings. The fourth-order valence-electron chi connectivity index (χ4n) is 1.70. The highest BCUT2D eigenvalue weighted by molar-refractivity contribution is 6.30. The maximum atomic E-state index is 11.8. The van der Waals surface area contributed by atoms with Crippen molar-refractivity contribution in [3.05, 3.63) is 53.4 Å². The van der Waals surface area contributed by atoms with Crippen molar-refractivity contribution in [2.45, 2.75) is 6.54 Å². The van der Waals surface area contributed by atoms with Crippen LogP contribution in [0.2, 0.25) is 5.02 Å². The van der Waals surface area contributed by atoms with Gasteiger partial charge < -0.3 is 19.4 Å². The predicted octanol–water partition coefficient (Wildman–Crippen LogP) is 3.15. The number of amides is 2. The van der Waals surface area contributed by atoms with E-state index in [4.69, 9.17) is 20.8 Å². The van der Waals surface area contributed by atoms with Crippen LogP contribution in [-0.2, 0) is 6.54 Å². The average molecular weight is 309 g/mol. The smallest absolute Gasteiger partial charge is 0.317 e. The van der Waals surface area contributed by atoms with Gasteiger partial charge in [0.1, 0.15) is 18.1 Å². The van der Waals surface area contributed by atoms with Crippen LogP contribution < -0.4 is 10.1 Å². The molecule has 1 aromatic carbocycles. The SMILES string of the molecule is CN(Cc1ccco1)C(=O)NCCOc1ccc(Cl)cc1. The second kappa shape index (κ2) is 7.59. The van der Waals surface area contributed by atoms with E-state index in [1.54, 1.807) is 48.5 Å². The highest BCUT2D eigenvalue weighted by Gasteiger charge is 2.09. The highest BCUT2D eigenvalue weighted by Crippen LogP contribution is 2.15. The summed E-state index contributed by atoms with van der Waals surface area (Å²) in [5, 5.41) is 3.43. The molecule has 0 aliphatic carbocycles. The summed E-state index contributed by atoms with van der Waals surface area (Å²) in [4.78, 5) is 13.4. The van der Waals surface area contributed by atoms with Crippen molar-refractivity contribution in [3.8, 4) is 5.75 Å². The van der Waals surface area contributed by atoms with Gasteiger partial charge in [-0.3, -0.25) is 0 Å². The number of hydrogen-bond donors (Lipinski definition) is 1. The minimum atomic E-state index is -0.175. The van der Waals surface area contributed by atoms with Gasteiger partial charge >= 0.3 is 6.03 Å². The molecule has 0 unspecified atom stereocenters. The number of hydrogen-bond acceptors (Lipinski definition) is 3. The fraction of sp³-hybridized carbons (Fsp3) is 0.267. The Balaban J connectivity index is 1.65. The summed E-state index contributed by atoms with van der Waals surface area (Å²) >= 11 is 5.78. The number of benzene rings is 1. The van der Waals surface area contributed by atoms with Gasteiger partial charge in [-0.2, -0.15) is 0 Å².